The molecule has 2 aliphatic heterocycles. The Kier molecular flexibility index (Phi) is 4.26. The van der Waals surface area contributed by atoms with Crippen LogP contribution >= 0.6 is 11.6 Å². The number of hydrogen-bond acceptors (Lipinski definition) is 3. The van der Waals surface area contributed by atoms with Crippen molar-refractivity contribution in [1.82, 2.24) is 4.90 Å². The first-order valence-corrected chi connectivity index (χ1v) is 8.90. The second-order valence-corrected chi connectivity index (χ2v) is 7.31. The Bertz CT molecular complexity index is 798. The van der Waals surface area contributed by atoms with Crippen molar-refractivity contribution in [1.29, 1.82) is 0 Å². The summed E-state index contributed by atoms with van der Waals surface area (Å²) in [4.78, 5) is 14.8. The molecule has 2 heterocycles. The summed E-state index contributed by atoms with van der Waals surface area (Å²) in [5, 5.41) is 0.499. The predicted molar refractivity (Wildman–Crippen MR) is 94.7 cm³/mol. The number of Topliss-reactive ketones (excluding diaryl/α,β-unsaturated/α-hetero) is 1. The lowest BCUT2D eigenvalue weighted by atomic mass is 9.82. The van der Waals surface area contributed by atoms with Crippen LogP contribution in [0.1, 0.15) is 35.2 Å². The van der Waals surface area contributed by atoms with E-state index in [1.165, 1.54) is 12.1 Å². The van der Waals surface area contributed by atoms with E-state index in [1.807, 2.05) is 12.1 Å². The molecule has 25 heavy (non-hydrogen) atoms. The van der Waals surface area contributed by atoms with E-state index in [4.69, 9.17) is 16.3 Å². The van der Waals surface area contributed by atoms with E-state index in [0.717, 1.165) is 38.0 Å². The maximum absolute atomic E-state index is 13.0. The topological polar surface area (TPSA) is 29.5 Å². The molecule has 2 aromatic carbocycles. The molecule has 4 rings (SSSR count). The Balaban J connectivity index is 1.45. The molecule has 3 nitrogen and oxygen atoms in total. The molecule has 5 heteroatoms. The van der Waals surface area contributed by atoms with Crippen LogP contribution in [-0.4, -0.2) is 29.4 Å². The minimum atomic E-state index is -0.450. The molecule has 0 radical (unpaired) electrons. The number of nitrogens with zero attached hydrogens (tertiary/aromatic N) is 1. The van der Waals surface area contributed by atoms with E-state index in [0.29, 0.717) is 22.8 Å². The normalized spacial score (nSPS) is 19.5. The Morgan fingerprint density at radius 1 is 1.12 bits per heavy atom. The predicted octanol–water partition coefficient (Wildman–Crippen LogP) is 4.48. The van der Waals surface area contributed by atoms with Crippen LogP contribution in [0.25, 0.3) is 0 Å². The smallest absolute Gasteiger partial charge is 0.170 e. The van der Waals surface area contributed by atoms with Gasteiger partial charge in [0.1, 0.15) is 17.2 Å². The molecular weight excluding hydrogens is 341 g/mol. The summed E-state index contributed by atoms with van der Waals surface area (Å²) in [6, 6.07) is 11.9. The minimum absolute atomic E-state index is 0.107. The maximum atomic E-state index is 13.0. The van der Waals surface area contributed by atoms with Crippen LogP contribution in [0.15, 0.2) is 42.5 Å². The molecule has 0 bridgehead atoms. The van der Waals surface area contributed by atoms with Crippen LogP contribution < -0.4 is 4.74 Å². The summed E-state index contributed by atoms with van der Waals surface area (Å²) in [5.74, 6) is 0.425. The monoisotopic (exact) mass is 359 g/mol. The first-order valence-electron chi connectivity index (χ1n) is 8.52. The molecule has 1 spiro atoms. The van der Waals surface area contributed by atoms with Crippen molar-refractivity contribution >= 4 is 17.4 Å². The summed E-state index contributed by atoms with van der Waals surface area (Å²) in [5.41, 5.74) is 1.23. The second-order valence-electron chi connectivity index (χ2n) is 6.90. The average molecular weight is 360 g/mol. The van der Waals surface area contributed by atoms with Gasteiger partial charge < -0.3 is 4.74 Å². The van der Waals surface area contributed by atoms with Gasteiger partial charge in [-0.15, -0.1) is 0 Å². The molecular formula is C20H19ClFNO2. The van der Waals surface area contributed by atoms with Gasteiger partial charge >= 0.3 is 0 Å². The van der Waals surface area contributed by atoms with E-state index in [9.17, 15) is 9.18 Å². The number of hydrogen-bond donors (Lipinski definition) is 0. The van der Waals surface area contributed by atoms with Crippen molar-refractivity contribution in [3.63, 3.8) is 0 Å². The lowest BCUT2D eigenvalue weighted by Crippen LogP contribution is -2.50. The Morgan fingerprint density at radius 3 is 2.56 bits per heavy atom. The number of halogens is 2. The number of benzene rings is 2. The van der Waals surface area contributed by atoms with Gasteiger partial charge in [0.2, 0.25) is 0 Å². The lowest BCUT2D eigenvalue weighted by molar-refractivity contribution is -0.0107. The molecule has 0 saturated carbocycles. The van der Waals surface area contributed by atoms with Crippen molar-refractivity contribution in [3.8, 4) is 5.75 Å². The van der Waals surface area contributed by atoms with E-state index < -0.39 is 5.60 Å². The Morgan fingerprint density at radius 2 is 1.84 bits per heavy atom. The summed E-state index contributed by atoms with van der Waals surface area (Å²) in [6.45, 7) is 2.45. The van der Waals surface area contributed by atoms with Crippen molar-refractivity contribution < 1.29 is 13.9 Å². The third-order valence-electron chi connectivity index (χ3n) is 5.16. The summed E-state index contributed by atoms with van der Waals surface area (Å²) in [6.07, 6.45) is 1.97. The second kappa shape index (κ2) is 6.43. The zero-order valence-electron chi connectivity index (χ0n) is 13.8. The average Bonchev–Trinajstić information content (AvgIpc) is 2.60. The summed E-state index contributed by atoms with van der Waals surface area (Å²) < 4.78 is 19.3. The number of ether oxygens (including phenoxy) is 1. The fraction of sp³-hybridized carbons (Fsp3) is 0.350. The van der Waals surface area contributed by atoms with Crippen LogP contribution in [0.4, 0.5) is 4.39 Å². The quantitative estimate of drug-likeness (QED) is 0.791. The van der Waals surface area contributed by atoms with Gasteiger partial charge in [0.25, 0.3) is 0 Å². The minimum Gasteiger partial charge on any atom is -0.484 e. The van der Waals surface area contributed by atoms with E-state index in [-0.39, 0.29) is 11.6 Å². The molecule has 1 fully saturated rings. The van der Waals surface area contributed by atoms with Gasteiger partial charge in [0, 0.05) is 32.5 Å². The molecule has 0 aliphatic carbocycles. The largest absolute Gasteiger partial charge is 0.484 e. The zero-order chi connectivity index (χ0) is 17.4. The van der Waals surface area contributed by atoms with Gasteiger partial charge in [-0.1, -0.05) is 29.8 Å². The molecule has 0 unspecified atom stereocenters. The molecule has 0 amide bonds. The van der Waals surface area contributed by atoms with Crippen LogP contribution in [0.5, 0.6) is 5.75 Å². The van der Waals surface area contributed by atoms with E-state index >= 15 is 0 Å². The third kappa shape index (κ3) is 3.29. The molecule has 0 aromatic heterocycles. The fourth-order valence-corrected chi connectivity index (χ4v) is 3.93. The maximum Gasteiger partial charge on any atom is 0.170 e. The third-order valence-corrected chi connectivity index (χ3v) is 5.45. The number of fused-ring (bicyclic) bond motifs is 1. The van der Waals surface area contributed by atoms with Crippen molar-refractivity contribution in [2.75, 3.05) is 13.1 Å². The standard InChI is InChI=1S/C20H19ClFNO2/c21-17-3-1-2-16-18(24)12-20(25-19(16)17)8-10-23(11-9-20)13-14-4-6-15(22)7-5-14/h1-7H,8-13H2. The first-order chi connectivity index (χ1) is 12.0. The van der Waals surface area contributed by atoms with Gasteiger partial charge in [-0.05, 0) is 29.8 Å². The highest BCUT2D eigenvalue weighted by Gasteiger charge is 2.43. The zero-order valence-corrected chi connectivity index (χ0v) is 14.6. The summed E-state index contributed by atoms with van der Waals surface area (Å²) in [7, 11) is 0. The number of para-hydroxylation sites is 1. The van der Waals surface area contributed by atoms with Gasteiger partial charge in [-0.3, -0.25) is 9.69 Å². The highest BCUT2D eigenvalue weighted by Crippen LogP contribution is 2.42. The number of ketones is 1. The van der Waals surface area contributed by atoms with Gasteiger partial charge in [0.05, 0.1) is 17.0 Å². The highest BCUT2D eigenvalue weighted by atomic mass is 35.5. The van der Waals surface area contributed by atoms with Crippen LogP contribution in [0.3, 0.4) is 0 Å². The Hall–Kier alpha value is -1.91. The molecule has 0 atom stereocenters. The van der Waals surface area contributed by atoms with Gasteiger partial charge in [-0.2, -0.15) is 0 Å². The number of carbonyl (C=O) groups is 1. The van der Waals surface area contributed by atoms with Crippen LogP contribution in [0, 0.1) is 5.82 Å². The highest BCUT2D eigenvalue weighted by molar-refractivity contribution is 6.32. The van der Waals surface area contributed by atoms with Crippen LogP contribution in [-0.2, 0) is 6.54 Å². The van der Waals surface area contributed by atoms with Gasteiger partial charge in [0.15, 0.2) is 5.78 Å². The van der Waals surface area contributed by atoms with Crippen molar-refractivity contribution in [2.45, 2.75) is 31.4 Å². The SMILES string of the molecule is O=C1CC2(CCN(Cc3ccc(F)cc3)CC2)Oc2c(Cl)cccc21. The van der Waals surface area contributed by atoms with E-state index in [2.05, 4.69) is 4.90 Å². The lowest BCUT2D eigenvalue weighted by Gasteiger charge is -2.44. The number of rotatable bonds is 2. The number of piperidine rings is 1. The number of carbonyl (C=O) groups excluding carboxylic acids is 1. The molecule has 1 saturated heterocycles. The summed E-state index contributed by atoms with van der Waals surface area (Å²) >= 11 is 6.24. The van der Waals surface area contributed by atoms with E-state index in [1.54, 1.807) is 18.2 Å². The Labute approximate surface area is 151 Å². The molecule has 2 aliphatic rings. The molecule has 0 N–H and O–H groups in total. The number of likely N-dealkylation sites (tertiary alicyclic amines) is 1. The first kappa shape index (κ1) is 16.6. The van der Waals surface area contributed by atoms with Crippen molar-refractivity contribution in [3.05, 3.63) is 64.4 Å². The fourth-order valence-electron chi connectivity index (χ4n) is 3.72. The van der Waals surface area contributed by atoms with Gasteiger partial charge in [-0.25, -0.2) is 4.39 Å². The molecule has 130 valence electrons. The molecule has 2 aromatic rings. The van der Waals surface area contributed by atoms with Crippen molar-refractivity contribution in [2.24, 2.45) is 0 Å². The van der Waals surface area contributed by atoms with Crippen LogP contribution in [0.2, 0.25) is 5.02 Å².